The number of hydrogen-bond acceptors (Lipinski definition) is 3. The molecule has 2 rings (SSSR count). The van der Waals surface area contributed by atoms with E-state index in [4.69, 9.17) is 16.3 Å². The van der Waals surface area contributed by atoms with E-state index in [0.29, 0.717) is 6.04 Å². The van der Waals surface area contributed by atoms with Crippen LogP contribution in [0.1, 0.15) is 18.5 Å². The van der Waals surface area contributed by atoms with Crippen molar-refractivity contribution >= 4 is 11.6 Å². The predicted molar refractivity (Wildman–Crippen MR) is 70.9 cm³/mol. The smallest absolute Gasteiger partial charge is 0.123 e. The predicted octanol–water partition coefficient (Wildman–Crippen LogP) is 2.31. The number of methoxy groups -OCH3 is 1. The van der Waals surface area contributed by atoms with Crippen LogP contribution in [0.3, 0.4) is 0 Å². The molecule has 0 aliphatic carbocycles. The molecule has 1 N–H and O–H groups in total. The molecule has 0 aromatic heterocycles. The number of halogens is 1. The van der Waals surface area contributed by atoms with Crippen molar-refractivity contribution in [2.75, 3.05) is 33.3 Å². The zero-order valence-electron chi connectivity index (χ0n) is 10.4. The van der Waals surface area contributed by atoms with Gasteiger partial charge in [-0.1, -0.05) is 11.6 Å². The van der Waals surface area contributed by atoms with Gasteiger partial charge in [0.1, 0.15) is 5.75 Å². The van der Waals surface area contributed by atoms with Crippen LogP contribution in [-0.4, -0.2) is 38.2 Å². The molecule has 1 saturated heterocycles. The molecule has 1 aromatic rings. The normalized spacial score (nSPS) is 19.0. The van der Waals surface area contributed by atoms with Crippen LogP contribution in [-0.2, 0) is 0 Å². The van der Waals surface area contributed by atoms with Crippen LogP contribution in [0.25, 0.3) is 0 Å². The quantitative estimate of drug-likeness (QED) is 0.896. The Morgan fingerprint density at radius 1 is 1.35 bits per heavy atom. The Bertz CT molecular complexity index is 378. The lowest BCUT2D eigenvalue weighted by Gasteiger charge is -2.33. The van der Waals surface area contributed by atoms with Gasteiger partial charge in [-0.05, 0) is 25.1 Å². The minimum absolute atomic E-state index is 0.339. The Labute approximate surface area is 108 Å². The van der Waals surface area contributed by atoms with Crippen molar-refractivity contribution in [2.24, 2.45) is 0 Å². The highest BCUT2D eigenvalue weighted by Gasteiger charge is 2.20. The zero-order valence-corrected chi connectivity index (χ0v) is 11.1. The maximum Gasteiger partial charge on any atom is 0.123 e. The van der Waals surface area contributed by atoms with Gasteiger partial charge in [-0.15, -0.1) is 0 Å². The molecule has 0 bridgehead atoms. The summed E-state index contributed by atoms with van der Waals surface area (Å²) in [5.41, 5.74) is 1.17. The molecular weight excluding hydrogens is 236 g/mol. The molecule has 1 unspecified atom stereocenters. The third-order valence-electron chi connectivity index (χ3n) is 3.34. The molecule has 3 nitrogen and oxygen atoms in total. The van der Waals surface area contributed by atoms with E-state index >= 15 is 0 Å². The summed E-state index contributed by atoms with van der Waals surface area (Å²) in [7, 11) is 1.71. The van der Waals surface area contributed by atoms with Crippen LogP contribution < -0.4 is 10.1 Å². The molecule has 1 aliphatic heterocycles. The molecular formula is C13H19ClN2O. The highest BCUT2D eigenvalue weighted by atomic mass is 35.5. The number of nitrogens with one attached hydrogen (secondary N) is 1. The van der Waals surface area contributed by atoms with E-state index in [9.17, 15) is 0 Å². The molecule has 0 radical (unpaired) electrons. The topological polar surface area (TPSA) is 24.5 Å². The molecule has 1 aromatic carbocycles. The van der Waals surface area contributed by atoms with Crippen molar-refractivity contribution in [2.45, 2.75) is 13.0 Å². The second kappa shape index (κ2) is 5.71. The molecule has 0 amide bonds. The lowest BCUT2D eigenvalue weighted by molar-refractivity contribution is 0.182. The van der Waals surface area contributed by atoms with E-state index in [2.05, 4.69) is 17.1 Å². The first-order valence-corrected chi connectivity index (χ1v) is 6.38. The second-order valence-electron chi connectivity index (χ2n) is 4.35. The van der Waals surface area contributed by atoms with Gasteiger partial charge in [0.05, 0.1) is 7.11 Å². The van der Waals surface area contributed by atoms with Crippen molar-refractivity contribution in [1.82, 2.24) is 10.2 Å². The van der Waals surface area contributed by atoms with Crippen molar-refractivity contribution in [3.8, 4) is 5.75 Å². The van der Waals surface area contributed by atoms with E-state index in [-0.39, 0.29) is 0 Å². The number of nitrogens with zero attached hydrogens (tertiary/aromatic N) is 1. The molecule has 94 valence electrons. The van der Waals surface area contributed by atoms with Crippen LogP contribution in [0, 0.1) is 0 Å². The fourth-order valence-electron chi connectivity index (χ4n) is 2.30. The third-order valence-corrected chi connectivity index (χ3v) is 3.58. The summed E-state index contributed by atoms with van der Waals surface area (Å²) in [6, 6.07) is 6.16. The van der Waals surface area contributed by atoms with Crippen LogP contribution >= 0.6 is 11.6 Å². The third kappa shape index (κ3) is 2.92. The average Bonchev–Trinajstić information content (AvgIpc) is 2.39. The van der Waals surface area contributed by atoms with Crippen LogP contribution in [0.5, 0.6) is 5.75 Å². The standard InChI is InChI=1S/C13H19ClN2O/c1-10(16-7-5-15-6-8-16)12-9-11(14)3-4-13(12)17-2/h3-4,9-10,15H,5-8H2,1-2H3. The Kier molecular flexibility index (Phi) is 4.26. The summed E-state index contributed by atoms with van der Waals surface area (Å²) in [4.78, 5) is 2.45. The zero-order chi connectivity index (χ0) is 12.3. The van der Waals surface area contributed by atoms with E-state index in [0.717, 1.165) is 37.0 Å². The van der Waals surface area contributed by atoms with Gasteiger partial charge in [0.2, 0.25) is 0 Å². The highest BCUT2D eigenvalue weighted by Crippen LogP contribution is 2.31. The van der Waals surface area contributed by atoms with Crippen molar-refractivity contribution in [3.63, 3.8) is 0 Å². The maximum absolute atomic E-state index is 6.07. The van der Waals surface area contributed by atoms with Gasteiger partial charge >= 0.3 is 0 Å². The summed E-state index contributed by atoms with van der Waals surface area (Å²) < 4.78 is 5.41. The first kappa shape index (κ1) is 12.7. The molecule has 17 heavy (non-hydrogen) atoms. The molecule has 0 spiro atoms. The maximum atomic E-state index is 6.07. The summed E-state index contributed by atoms with van der Waals surface area (Å²) in [6.45, 7) is 6.44. The van der Waals surface area contributed by atoms with Gasteiger partial charge in [-0.3, -0.25) is 4.90 Å². The number of piperazine rings is 1. The first-order valence-electron chi connectivity index (χ1n) is 6.00. The summed E-state index contributed by atoms with van der Waals surface area (Å²) in [6.07, 6.45) is 0. The second-order valence-corrected chi connectivity index (χ2v) is 4.78. The van der Waals surface area contributed by atoms with Gasteiger partial charge < -0.3 is 10.1 Å². The fraction of sp³-hybridized carbons (Fsp3) is 0.538. The van der Waals surface area contributed by atoms with Crippen LogP contribution in [0.2, 0.25) is 5.02 Å². The van der Waals surface area contributed by atoms with Crippen LogP contribution in [0.4, 0.5) is 0 Å². The molecule has 1 aliphatic rings. The lowest BCUT2D eigenvalue weighted by atomic mass is 10.0. The Hall–Kier alpha value is -0.770. The van der Waals surface area contributed by atoms with E-state index in [1.807, 2.05) is 18.2 Å². The first-order chi connectivity index (χ1) is 8.22. The van der Waals surface area contributed by atoms with Crippen molar-refractivity contribution < 1.29 is 4.74 Å². The Morgan fingerprint density at radius 2 is 2.06 bits per heavy atom. The minimum atomic E-state index is 0.339. The number of ether oxygens (including phenoxy) is 1. The average molecular weight is 255 g/mol. The van der Waals surface area contributed by atoms with Gasteiger partial charge in [0.15, 0.2) is 0 Å². The van der Waals surface area contributed by atoms with Crippen molar-refractivity contribution in [3.05, 3.63) is 28.8 Å². The summed E-state index contributed by atoms with van der Waals surface area (Å²) in [5.74, 6) is 0.917. The summed E-state index contributed by atoms with van der Waals surface area (Å²) >= 11 is 6.07. The molecule has 4 heteroatoms. The monoisotopic (exact) mass is 254 g/mol. The SMILES string of the molecule is COc1ccc(Cl)cc1C(C)N1CCNCC1. The van der Waals surface area contributed by atoms with Gasteiger partial charge in [0.25, 0.3) is 0 Å². The van der Waals surface area contributed by atoms with Gasteiger partial charge in [-0.2, -0.15) is 0 Å². The van der Waals surface area contributed by atoms with E-state index in [1.54, 1.807) is 7.11 Å². The van der Waals surface area contributed by atoms with E-state index in [1.165, 1.54) is 5.56 Å². The highest BCUT2D eigenvalue weighted by molar-refractivity contribution is 6.30. The van der Waals surface area contributed by atoms with Crippen LogP contribution in [0.15, 0.2) is 18.2 Å². The van der Waals surface area contributed by atoms with Gasteiger partial charge in [0, 0.05) is 42.8 Å². The Balaban J connectivity index is 2.21. The minimum Gasteiger partial charge on any atom is -0.496 e. The molecule has 1 fully saturated rings. The molecule has 1 heterocycles. The van der Waals surface area contributed by atoms with Gasteiger partial charge in [-0.25, -0.2) is 0 Å². The molecule has 0 saturated carbocycles. The number of benzene rings is 1. The lowest BCUT2D eigenvalue weighted by Crippen LogP contribution is -2.44. The largest absolute Gasteiger partial charge is 0.496 e. The number of rotatable bonds is 3. The van der Waals surface area contributed by atoms with Crippen molar-refractivity contribution in [1.29, 1.82) is 0 Å². The van der Waals surface area contributed by atoms with E-state index < -0.39 is 0 Å². The number of hydrogen-bond donors (Lipinski definition) is 1. The molecule has 1 atom stereocenters. The summed E-state index contributed by atoms with van der Waals surface area (Å²) in [5, 5.41) is 4.13. The Morgan fingerprint density at radius 3 is 2.71 bits per heavy atom. The fourth-order valence-corrected chi connectivity index (χ4v) is 2.48.